The number of aryl methyl sites for hydroxylation is 2. The molecule has 0 aliphatic heterocycles. The summed E-state index contributed by atoms with van der Waals surface area (Å²) in [5.74, 6) is 0.867. The SMILES string of the molecule is CCCn1ncc(Cl)c1C(O)CCc1ccco1. The summed E-state index contributed by atoms with van der Waals surface area (Å²) in [7, 11) is 0. The zero-order chi connectivity index (χ0) is 13.0. The molecule has 0 radical (unpaired) electrons. The predicted molar refractivity (Wildman–Crippen MR) is 69.5 cm³/mol. The molecule has 0 aromatic carbocycles. The minimum Gasteiger partial charge on any atom is -0.469 e. The molecule has 0 amide bonds. The van der Waals surface area contributed by atoms with Gasteiger partial charge in [0, 0.05) is 13.0 Å². The van der Waals surface area contributed by atoms with Gasteiger partial charge in [-0.05, 0) is 25.0 Å². The van der Waals surface area contributed by atoms with E-state index in [1.165, 1.54) is 0 Å². The molecule has 2 heterocycles. The molecule has 98 valence electrons. The van der Waals surface area contributed by atoms with E-state index in [9.17, 15) is 5.11 Å². The lowest BCUT2D eigenvalue weighted by molar-refractivity contribution is 0.154. The third kappa shape index (κ3) is 2.94. The maximum Gasteiger partial charge on any atom is 0.103 e. The average molecular weight is 269 g/mol. The zero-order valence-electron chi connectivity index (χ0n) is 10.3. The Morgan fingerprint density at radius 3 is 3.06 bits per heavy atom. The summed E-state index contributed by atoms with van der Waals surface area (Å²) in [5, 5.41) is 14.9. The summed E-state index contributed by atoms with van der Waals surface area (Å²) in [5.41, 5.74) is 0.699. The molecule has 2 aromatic heterocycles. The number of aliphatic hydroxyl groups excluding tert-OH is 1. The maximum atomic E-state index is 10.2. The van der Waals surface area contributed by atoms with Gasteiger partial charge in [0.05, 0.1) is 29.3 Å². The monoisotopic (exact) mass is 268 g/mol. The van der Waals surface area contributed by atoms with Crippen LogP contribution in [0, 0.1) is 0 Å². The van der Waals surface area contributed by atoms with Gasteiger partial charge in [-0.1, -0.05) is 18.5 Å². The Balaban J connectivity index is 2.03. The molecule has 0 fully saturated rings. The summed E-state index contributed by atoms with van der Waals surface area (Å²) < 4.78 is 7.02. The van der Waals surface area contributed by atoms with Crippen LogP contribution in [0.3, 0.4) is 0 Å². The van der Waals surface area contributed by atoms with Gasteiger partial charge in [0.2, 0.25) is 0 Å². The molecule has 1 unspecified atom stereocenters. The van der Waals surface area contributed by atoms with Crippen LogP contribution in [0.1, 0.15) is 37.3 Å². The minimum absolute atomic E-state index is 0.524. The van der Waals surface area contributed by atoms with Crippen molar-refractivity contribution in [3.63, 3.8) is 0 Å². The van der Waals surface area contributed by atoms with E-state index in [4.69, 9.17) is 16.0 Å². The Bertz CT molecular complexity index is 479. The number of aromatic nitrogens is 2. The van der Waals surface area contributed by atoms with Gasteiger partial charge in [0.25, 0.3) is 0 Å². The maximum absolute atomic E-state index is 10.2. The van der Waals surface area contributed by atoms with E-state index in [0.717, 1.165) is 18.7 Å². The van der Waals surface area contributed by atoms with E-state index in [2.05, 4.69) is 12.0 Å². The summed E-state index contributed by atoms with van der Waals surface area (Å²) in [6.07, 6.45) is 4.82. The molecule has 0 saturated carbocycles. The van der Waals surface area contributed by atoms with Crippen molar-refractivity contribution in [2.45, 2.75) is 38.8 Å². The highest BCUT2D eigenvalue weighted by Crippen LogP contribution is 2.26. The van der Waals surface area contributed by atoms with Crippen molar-refractivity contribution in [3.05, 3.63) is 41.1 Å². The lowest BCUT2D eigenvalue weighted by Gasteiger charge is -2.13. The molecule has 2 aromatic rings. The predicted octanol–water partition coefficient (Wildman–Crippen LogP) is 3.21. The Morgan fingerprint density at radius 2 is 2.39 bits per heavy atom. The molecule has 0 bridgehead atoms. The molecule has 5 heteroatoms. The molecule has 18 heavy (non-hydrogen) atoms. The lowest BCUT2D eigenvalue weighted by atomic mass is 10.1. The van der Waals surface area contributed by atoms with Crippen molar-refractivity contribution in [1.82, 2.24) is 9.78 Å². The van der Waals surface area contributed by atoms with Crippen LogP contribution in [0.5, 0.6) is 0 Å². The van der Waals surface area contributed by atoms with Gasteiger partial charge in [-0.3, -0.25) is 4.68 Å². The summed E-state index contributed by atoms with van der Waals surface area (Å²) in [6, 6.07) is 3.74. The van der Waals surface area contributed by atoms with Crippen molar-refractivity contribution in [2.75, 3.05) is 0 Å². The van der Waals surface area contributed by atoms with Gasteiger partial charge in [0.1, 0.15) is 5.76 Å². The van der Waals surface area contributed by atoms with Crippen LogP contribution in [0.2, 0.25) is 5.02 Å². The van der Waals surface area contributed by atoms with Crippen LogP contribution in [0.4, 0.5) is 0 Å². The quantitative estimate of drug-likeness (QED) is 0.875. The molecule has 0 aliphatic carbocycles. The number of furan rings is 1. The van der Waals surface area contributed by atoms with Crippen molar-refractivity contribution >= 4 is 11.6 Å². The second-order valence-electron chi connectivity index (χ2n) is 4.23. The first kappa shape index (κ1) is 13.2. The van der Waals surface area contributed by atoms with E-state index in [1.54, 1.807) is 17.1 Å². The fourth-order valence-corrected chi connectivity index (χ4v) is 2.23. The fraction of sp³-hybridized carbons (Fsp3) is 0.462. The number of hydrogen-bond donors (Lipinski definition) is 1. The normalized spacial score (nSPS) is 12.8. The lowest BCUT2D eigenvalue weighted by Crippen LogP contribution is -2.10. The summed E-state index contributed by atoms with van der Waals surface area (Å²) in [4.78, 5) is 0. The molecular formula is C13H17ClN2O2. The van der Waals surface area contributed by atoms with Crippen LogP contribution in [-0.4, -0.2) is 14.9 Å². The number of aliphatic hydroxyl groups is 1. The number of hydrogen-bond acceptors (Lipinski definition) is 3. The Morgan fingerprint density at radius 1 is 1.56 bits per heavy atom. The van der Waals surface area contributed by atoms with Crippen LogP contribution in [0.15, 0.2) is 29.0 Å². The largest absolute Gasteiger partial charge is 0.469 e. The van der Waals surface area contributed by atoms with Crippen LogP contribution < -0.4 is 0 Å². The molecule has 0 aliphatic rings. The first-order valence-electron chi connectivity index (χ1n) is 6.14. The Hall–Kier alpha value is -1.26. The second kappa shape index (κ2) is 6.07. The third-order valence-corrected chi connectivity index (χ3v) is 3.12. The van der Waals surface area contributed by atoms with Gasteiger partial charge in [-0.15, -0.1) is 0 Å². The first-order valence-corrected chi connectivity index (χ1v) is 6.51. The van der Waals surface area contributed by atoms with Crippen LogP contribution >= 0.6 is 11.6 Å². The first-order chi connectivity index (χ1) is 8.72. The van der Waals surface area contributed by atoms with Crippen LogP contribution in [0.25, 0.3) is 0 Å². The van der Waals surface area contributed by atoms with Crippen molar-refractivity contribution < 1.29 is 9.52 Å². The molecule has 2 rings (SSSR count). The molecule has 4 nitrogen and oxygen atoms in total. The van der Waals surface area contributed by atoms with E-state index >= 15 is 0 Å². The van der Waals surface area contributed by atoms with E-state index in [-0.39, 0.29) is 0 Å². The smallest absolute Gasteiger partial charge is 0.103 e. The van der Waals surface area contributed by atoms with E-state index in [0.29, 0.717) is 23.6 Å². The van der Waals surface area contributed by atoms with E-state index in [1.807, 2.05) is 12.1 Å². The van der Waals surface area contributed by atoms with Crippen molar-refractivity contribution in [2.24, 2.45) is 0 Å². The summed E-state index contributed by atoms with van der Waals surface area (Å²) in [6.45, 7) is 2.83. The number of rotatable bonds is 6. The van der Waals surface area contributed by atoms with Gasteiger partial charge >= 0.3 is 0 Å². The van der Waals surface area contributed by atoms with Gasteiger partial charge in [-0.2, -0.15) is 5.10 Å². The number of halogens is 1. The zero-order valence-corrected chi connectivity index (χ0v) is 11.1. The minimum atomic E-state index is -0.614. The average Bonchev–Trinajstić information content (AvgIpc) is 2.97. The molecule has 1 atom stereocenters. The van der Waals surface area contributed by atoms with Gasteiger partial charge in [-0.25, -0.2) is 0 Å². The molecule has 0 spiro atoms. The highest BCUT2D eigenvalue weighted by molar-refractivity contribution is 6.31. The second-order valence-corrected chi connectivity index (χ2v) is 4.64. The van der Waals surface area contributed by atoms with Crippen LogP contribution in [-0.2, 0) is 13.0 Å². The molecule has 1 N–H and O–H groups in total. The molecular weight excluding hydrogens is 252 g/mol. The molecule has 0 saturated heterocycles. The van der Waals surface area contributed by atoms with E-state index < -0.39 is 6.10 Å². The highest BCUT2D eigenvalue weighted by Gasteiger charge is 2.18. The Labute approximate surface area is 111 Å². The highest BCUT2D eigenvalue weighted by atomic mass is 35.5. The topological polar surface area (TPSA) is 51.2 Å². The van der Waals surface area contributed by atoms with Gasteiger partial charge < -0.3 is 9.52 Å². The van der Waals surface area contributed by atoms with Gasteiger partial charge in [0.15, 0.2) is 0 Å². The van der Waals surface area contributed by atoms with Crippen molar-refractivity contribution in [1.29, 1.82) is 0 Å². The fourth-order valence-electron chi connectivity index (χ4n) is 1.96. The number of nitrogens with zero attached hydrogens (tertiary/aromatic N) is 2. The van der Waals surface area contributed by atoms with Crippen molar-refractivity contribution in [3.8, 4) is 0 Å². The standard InChI is InChI=1S/C13H17ClN2O2/c1-2-7-16-13(11(14)9-15-16)12(17)6-5-10-4-3-8-18-10/h3-4,8-9,12,17H,2,5-7H2,1H3. The Kier molecular flexibility index (Phi) is 4.44. The third-order valence-electron chi connectivity index (χ3n) is 2.83. The summed E-state index contributed by atoms with van der Waals surface area (Å²) >= 11 is 6.07.